The summed E-state index contributed by atoms with van der Waals surface area (Å²) in [6.07, 6.45) is 18.7. The van der Waals surface area contributed by atoms with E-state index in [1.807, 2.05) is 97.3 Å². The predicted molar refractivity (Wildman–Crippen MR) is 278 cm³/mol. The van der Waals surface area contributed by atoms with Gasteiger partial charge in [-0.1, -0.05) is 179 Å². The van der Waals surface area contributed by atoms with Crippen molar-refractivity contribution < 1.29 is 44.8 Å². The van der Waals surface area contributed by atoms with Crippen LogP contribution < -0.4 is 32.1 Å². The molecule has 0 aliphatic heterocycles. The van der Waals surface area contributed by atoms with Gasteiger partial charge in [0.25, 0.3) is 0 Å². The maximum Gasteiger partial charge on any atom is 1.00 e. The van der Waals surface area contributed by atoms with Gasteiger partial charge < -0.3 is 12.8 Å². The summed E-state index contributed by atoms with van der Waals surface area (Å²) in [5.41, 5.74) is 4.08. The zero-order valence-corrected chi connectivity index (χ0v) is 40.6. The fraction of sp³-hybridized carbons (Fsp3) is 0. The Bertz CT molecular complexity index is 3010. The summed E-state index contributed by atoms with van der Waals surface area (Å²) in [7, 11) is -2.56. The molecule has 322 valence electrons. The van der Waals surface area contributed by atoms with E-state index < -0.39 is 15.8 Å². The first-order valence-electron chi connectivity index (χ1n) is 21.2. The largest absolute Gasteiger partial charge is 1.00 e. The standard InChI is InChI=1S/C28H22N2P2.2C16H9.2Ag/c1-3-13-23(14-4-1)31(27-19-9-11-21-29-27)25-17-7-8-18-26(25)32(24-15-5-2-6-16-24)28-20-10-12-22-30-28;2*1-2-14-15-9-5-3-7-12(15)11-13-8-4-6-10-16(13)14;;/h1-22H;2*3-11H;;/q;2*-1;2*+1/p+2. The molecule has 2 nitrogen and oxygen atoms in total. The van der Waals surface area contributed by atoms with Crippen molar-refractivity contribution in [3.8, 4) is 11.8 Å². The van der Waals surface area contributed by atoms with Crippen molar-refractivity contribution in [2.24, 2.45) is 0 Å². The molecule has 0 aliphatic rings. The smallest absolute Gasteiger partial charge is 0.366 e. The Morgan fingerprint density at radius 3 is 0.909 bits per heavy atom. The van der Waals surface area contributed by atoms with Gasteiger partial charge in [0.15, 0.2) is 10.9 Å². The van der Waals surface area contributed by atoms with Crippen LogP contribution in [0.1, 0.15) is 11.1 Å². The second-order valence-electron chi connectivity index (χ2n) is 15.1. The molecule has 11 aromatic rings. The van der Waals surface area contributed by atoms with E-state index in [1.165, 1.54) is 21.2 Å². The average molecular weight is 1070 g/mol. The minimum atomic E-state index is -1.28. The first-order chi connectivity index (χ1) is 31.7. The van der Waals surface area contributed by atoms with E-state index in [9.17, 15) is 0 Å². The van der Waals surface area contributed by atoms with Crippen LogP contribution >= 0.6 is 15.8 Å². The summed E-state index contributed by atoms with van der Waals surface area (Å²) in [4.78, 5) is 9.64. The Labute approximate surface area is 421 Å². The van der Waals surface area contributed by atoms with Crippen molar-refractivity contribution in [3.05, 3.63) is 267 Å². The van der Waals surface area contributed by atoms with Crippen molar-refractivity contribution in [2.75, 3.05) is 0 Å². The molecule has 0 radical (unpaired) electrons. The number of rotatable bonds is 6. The van der Waals surface area contributed by atoms with Gasteiger partial charge in [-0.3, -0.25) is 11.8 Å². The number of pyridine rings is 2. The zero-order chi connectivity index (χ0) is 43.5. The monoisotopic (exact) mass is 1070 g/mol. The van der Waals surface area contributed by atoms with Crippen LogP contribution in [0.3, 0.4) is 0 Å². The Hall–Kier alpha value is -6.22. The van der Waals surface area contributed by atoms with Crippen molar-refractivity contribution in [3.63, 3.8) is 0 Å². The van der Waals surface area contributed by atoms with Gasteiger partial charge in [-0.25, -0.2) is 9.97 Å². The van der Waals surface area contributed by atoms with Crippen molar-refractivity contribution in [2.45, 2.75) is 0 Å². The molecule has 66 heavy (non-hydrogen) atoms. The van der Waals surface area contributed by atoms with Gasteiger partial charge in [-0.2, -0.15) is 0 Å². The summed E-state index contributed by atoms with van der Waals surface area (Å²) in [6.45, 7) is 0. The van der Waals surface area contributed by atoms with Crippen molar-refractivity contribution >= 4 is 91.0 Å². The van der Waals surface area contributed by atoms with Crippen LogP contribution in [-0.2, 0) is 44.8 Å². The van der Waals surface area contributed by atoms with Gasteiger partial charge in [-0.05, 0) is 82.2 Å². The van der Waals surface area contributed by atoms with E-state index in [-0.39, 0.29) is 44.8 Å². The molecule has 9 aromatic carbocycles. The fourth-order valence-electron chi connectivity index (χ4n) is 8.33. The fourth-order valence-corrected chi connectivity index (χ4v) is 14.1. The maximum absolute atomic E-state index is 7.46. The summed E-state index contributed by atoms with van der Waals surface area (Å²) in [5, 5.41) is 14.5. The van der Waals surface area contributed by atoms with E-state index in [0.717, 1.165) is 65.1 Å². The first-order valence-corrected chi connectivity index (χ1v) is 24.2. The third-order valence-corrected chi connectivity index (χ3v) is 16.9. The molecular formula is C60H42Ag2N2P2+2. The summed E-state index contributed by atoms with van der Waals surface area (Å²) < 4.78 is 0. The molecule has 0 N–H and O–H groups in total. The number of benzene rings is 9. The van der Waals surface area contributed by atoms with Crippen LogP contribution in [0.15, 0.2) is 243 Å². The number of fused-ring (bicyclic) bond motifs is 4. The number of hydrogen-bond acceptors (Lipinski definition) is 2. The van der Waals surface area contributed by atoms with Gasteiger partial charge in [0, 0.05) is 24.5 Å². The SMILES string of the molecule is [Ag+].[Ag+].[C-]#Cc1c2ccccc2cc2ccccc12.[C-]#Cc1c2ccccc2cc2ccccc12.c1ccc([PH+](c2ccccn2)c2ccccc2[PH+](c2ccccc2)c2ccccn2)cc1. The molecule has 0 fully saturated rings. The molecule has 2 aromatic heterocycles. The van der Waals surface area contributed by atoms with Crippen LogP contribution in [0.2, 0.25) is 0 Å². The van der Waals surface area contributed by atoms with Gasteiger partial charge >= 0.3 is 44.8 Å². The normalized spacial score (nSPS) is 11.2. The molecule has 0 bridgehead atoms. The third-order valence-electron chi connectivity index (χ3n) is 11.2. The van der Waals surface area contributed by atoms with E-state index >= 15 is 0 Å². The first kappa shape index (κ1) is 47.7. The number of aromatic nitrogens is 2. The Morgan fingerprint density at radius 1 is 0.318 bits per heavy atom. The number of nitrogens with zero attached hydrogens (tertiary/aromatic N) is 2. The molecule has 6 heteroatoms. The molecular weight excluding hydrogens is 1030 g/mol. The minimum Gasteiger partial charge on any atom is -0.366 e. The molecule has 0 spiro atoms. The van der Waals surface area contributed by atoms with E-state index in [1.54, 1.807) is 0 Å². The molecule has 2 heterocycles. The van der Waals surface area contributed by atoms with Crippen LogP contribution in [0.4, 0.5) is 0 Å². The quantitative estimate of drug-likeness (QED) is 0.0545. The zero-order valence-electron chi connectivity index (χ0n) is 35.6. The second-order valence-corrected chi connectivity index (χ2v) is 19.9. The number of hydrogen-bond donors (Lipinski definition) is 0. The Morgan fingerprint density at radius 2 is 0.606 bits per heavy atom. The van der Waals surface area contributed by atoms with Gasteiger partial charge in [0.05, 0.1) is 0 Å². The second kappa shape index (κ2) is 23.3. The Balaban J connectivity index is 0.000000160. The minimum absolute atomic E-state index is 0. The molecule has 0 saturated carbocycles. The van der Waals surface area contributed by atoms with Crippen LogP contribution in [-0.4, -0.2) is 9.97 Å². The average Bonchev–Trinajstić information content (AvgIpc) is 3.37. The van der Waals surface area contributed by atoms with Crippen molar-refractivity contribution in [1.82, 2.24) is 9.97 Å². The molecule has 0 amide bonds. The summed E-state index contributed by atoms with van der Waals surface area (Å²) >= 11 is 0. The van der Waals surface area contributed by atoms with Crippen molar-refractivity contribution in [1.29, 1.82) is 0 Å². The maximum atomic E-state index is 7.46. The summed E-state index contributed by atoms with van der Waals surface area (Å²) in [6, 6.07) is 80.0. The predicted octanol–water partition coefficient (Wildman–Crippen LogP) is 11.3. The molecule has 0 saturated heterocycles. The molecule has 2 unspecified atom stereocenters. The van der Waals surface area contributed by atoms with Crippen LogP contribution in [0, 0.1) is 24.7 Å². The topological polar surface area (TPSA) is 25.8 Å². The summed E-state index contributed by atoms with van der Waals surface area (Å²) in [5.74, 6) is 5.13. The molecule has 0 aliphatic carbocycles. The molecule has 11 rings (SSSR count). The van der Waals surface area contributed by atoms with Crippen LogP contribution in [0.5, 0.6) is 0 Å². The Kier molecular flexibility index (Phi) is 16.8. The van der Waals surface area contributed by atoms with Gasteiger partial charge in [0.1, 0.15) is 37.1 Å². The van der Waals surface area contributed by atoms with Gasteiger partial charge in [-0.15, -0.1) is 11.1 Å². The third kappa shape index (κ3) is 10.6. The van der Waals surface area contributed by atoms with E-state index in [2.05, 4.69) is 157 Å². The van der Waals surface area contributed by atoms with E-state index in [4.69, 9.17) is 22.8 Å². The molecule has 2 atom stereocenters. The van der Waals surface area contributed by atoms with Gasteiger partial charge in [0.2, 0.25) is 0 Å². The van der Waals surface area contributed by atoms with Crippen LogP contribution in [0.25, 0.3) is 43.1 Å². The van der Waals surface area contributed by atoms with E-state index in [0.29, 0.717) is 0 Å².